The minimum atomic E-state index is -0.177. The summed E-state index contributed by atoms with van der Waals surface area (Å²) >= 11 is 0. The predicted octanol–water partition coefficient (Wildman–Crippen LogP) is 2.30. The molecule has 0 radical (unpaired) electrons. The average Bonchev–Trinajstić information content (AvgIpc) is 2.32. The molecule has 3 heteroatoms. The van der Waals surface area contributed by atoms with Crippen LogP contribution in [-0.4, -0.2) is 20.3 Å². The largest absolute Gasteiger partial charge is 0.494 e. The van der Waals surface area contributed by atoms with Crippen LogP contribution in [0.25, 0.3) is 0 Å². The molecule has 1 aromatic rings. The predicted molar refractivity (Wildman–Crippen MR) is 71.8 cm³/mol. The number of hydrogen-bond donors (Lipinski definition) is 0. The first-order chi connectivity index (χ1) is 8.00. The van der Waals surface area contributed by atoms with Crippen LogP contribution in [-0.2, 0) is 9.31 Å². The van der Waals surface area contributed by atoms with Gasteiger partial charge in [-0.1, -0.05) is 13.0 Å². The highest BCUT2D eigenvalue weighted by atomic mass is 16.6. The Morgan fingerprint density at radius 1 is 1.00 bits per heavy atom. The van der Waals surface area contributed by atoms with Crippen molar-refractivity contribution in [3.8, 4) is 0 Å². The number of aryl methyl sites for hydroxylation is 1. The van der Waals surface area contributed by atoms with E-state index in [2.05, 4.69) is 40.7 Å². The summed E-state index contributed by atoms with van der Waals surface area (Å²) in [6.45, 7) is 12.4. The van der Waals surface area contributed by atoms with Gasteiger partial charge >= 0.3 is 7.12 Å². The van der Waals surface area contributed by atoms with Crippen molar-refractivity contribution >= 4 is 12.6 Å². The van der Waals surface area contributed by atoms with Crippen LogP contribution in [0.5, 0.6) is 0 Å². The van der Waals surface area contributed by atoms with E-state index in [0.717, 1.165) is 13.2 Å². The van der Waals surface area contributed by atoms with Crippen LogP contribution < -0.4 is 5.46 Å². The Kier molecular flexibility index (Phi) is 3.60. The van der Waals surface area contributed by atoms with Crippen LogP contribution in [0.4, 0.5) is 0 Å². The van der Waals surface area contributed by atoms with Crippen LogP contribution in [0, 0.1) is 33.6 Å². The Labute approximate surface area is 104 Å². The van der Waals surface area contributed by atoms with Crippen molar-refractivity contribution in [2.45, 2.75) is 34.6 Å². The Morgan fingerprint density at radius 3 is 2.18 bits per heavy atom. The highest BCUT2D eigenvalue weighted by molar-refractivity contribution is 6.62. The average molecular weight is 232 g/mol. The first-order valence-electron chi connectivity index (χ1n) is 6.31. The lowest BCUT2D eigenvalue weighted by molar-refractivity contribution is 0.0957. The third-order valence-electron chi connectivity index (χ3n) is 3.84. The third-order valence-corrected chi connectivity index (χ3v) is 3.84. The molecule has 1 aliphatic rings. The summed E-state index contributed by atoms with van der Waals surface area (Å²) in [5, 5.41) is 0. The Bertz CT molecular complexity index is 421. The van der Waals surface area contributed by atoms with Gasteiger partial charge in [-0.15, -0.1) is 0 Å². The molecule has 0 atom stereocenters. The van der Waals surface area contributed by atoms with Crippen LogP contribution >= 0.6 is 0 Å². The zero-order valence-electron chi connectivity index (χ0n) is 11.5. The van der Waals surface area contributed by atoms with Crippen molar-refractivity contribution in [2.24, 2.45) is 5.92 Å². The van der Waals surface area contributed by atoms with Crippen molar-refractivity contribution in [1.29, 1.82) is 0 Å². The summed E-state index contributed by atoms with van der Waals surface area (Å²) in [5.41, 5.74) is 6.53. The molecular formula is C14H21BO2. The van der Waals surface area contributed by atoms with Gasteiger partial charge in [-0.3, -0.25) is 0 Å². The fraction of sp³-hybridized carbons (Fsp3) is 0.571. The van der Waals surface area contributed by atoms with E-state index in [1.807, 2.05) is 0 Å². The van der Waals surface area contributed by atoms with Gasteiger partial charge in [0.05, 0.1) is 0 Å². The SMILES string of the molecule is Cc1cc(B2OCC(C)CO2)c(C)c(C)c1C. The molecule has 0 aromatic heterocycles. The smallest absolute Gasteiger partial charge is 0.407 e. The highest BCUT2D eigenvalue weighted by Crippen LogP contribution is 2.17. The molecule has 0 spiro atoms. The standard InChI is InChI=1S/C14H21BO2/c1-9-7-16-15(17-8-9)14-6-10(2)11(3)12(4)13(14)5/h6,9H,7-8H2,1-5H3. The van der Waals surface area contributed by atoms with Gasteiger partial charge in [0.2, 0.25) is 0 Å². The third kappa shape index (κ3) is 2.40. The van der Waals surface area contributed by atoms with Gasteiger partial charge in [0, 0.05) is 13.2 Å². The Balaban J connectivity index is 2.33. The van der Waals surface area contributed by atoms with Gasteiger partial charge in [-0.05, 0) is 61.3 Å². The minimum absolute atomic E-state index is 0.177. The van der Waals surface area contributed by atoms with Crippen molar-refractivity contribution < 1.29 is 9.31 Å². The van der Waals surface area contributed by atoms with Gasteiger partial charge < -0.3 is 9.31 Å². The normalized spacial score (nSPS) is 17.6. The maximum Gasteiger partial charge on any atom is 0.494 e. The van der Waals surface area contributed by atoms with Crippen molar-refractivity contribution in [3.63, 3.8) is 0 Å². The van der Waals surface area contributed by atoms with E-state index in [9.17, 15) is 0 Å². The molecule has 1 saturated heterocycles. The summed E-state index contributed by atoms with van der Waals surface area (Å²) in [6, 6.07) is 2.21. The van der Waals surface area contributed by atoms with E-state index in [0.29, 0.717) is 5.92 Å². The fourth-order valence-corrected chi connectivity index (χ4v) is 2.27. The molecule has 0 unspecified atom stereocenters. The van der Waals surface area contributed by atoms with Crippen molar-refractivity contribution in [1.82, 2.24) is 0 Å². The van der Waals surface area contributed by atoms with Gasteiger partial charge in [0.15, 0.2) is 0 Å². The fourth-order valence-electron chi connectivity index (χ4n) is 2.27. The maximum absolute atomic E-state index is 5.78. The number of rotatable bonds is 1. The molecule has 2 nitrogen and oxygen atoms in total. The molecule has 0 saturated carbocycles. The van der Waals surface area contributed by atoms with E-state index < -0.39 is 0 Å². The van der Waals surface area contributed by atoms with Gasteiger partial charge in [0.1, 0.15) is 0 Å². The first-order valence-corrected chi connectivity index (χ1v) is 6.31. The molecule has 0 amide bonds. The second kappa shape index (κ2) is 4.83. The van der Waals surface area contributed by atoms with Gasteiger partial charge in [-0.25, -0.2) is 0 Å². The molecule has 92 valence electrons. The highest BCUT2D eigenvalue weighted by Gasteiger charge is 2.29. The van der Waals surface area contributed by atoms with Crippen LogP contribution in [0.15, 0.2) is 6.07 Å². The molecule has 2 rings (SSSR count). The van der Waals surface area contributed by atoms with E-state index in [1.165, 1.54) is 27.7 Å². The molecular weight excluding hydrogens is 211 g/mol. The van der Waals surface area contributed by atoms with E-state index in [-0.39, 0.29) is 7.12 Å². The molecule has 17 heavy (non-hydrogen) atoms. The van der Waals surface area contributed by atoms with Crippen LogP contribution in [0.2, 0.25) is 0 Å². The zero-order chi connectivity index (χ0) is 12.6. The Morgan fingerprint density at radius 2 is 1.59 bits per heavy atom. The lowest BCUT2D eigenvalue weighted by Gasteiger charge is -2.27. The van der Waals surface area contributed by atoms with E-state index >= 15 is 0 Å². The number of benzene rings is 1. The lowest BCUT2D eigenvalue weighted by atomic mass is 9.72. The summed E-state index contributed by atoms with van der Waals surface area (Å²) in [4.78, 5) is 0. The molecule has 0 N–H and O–H groups in total. The molecule has 0 aliphatic carbocycles. The number of hydrogen-bond acceptors (Lipinski definition) is 2. The van der Waals surface area contributed by atoms with Crippen LogP contribution in [0.1, 0.15) is 29.2 Å². The van der Waals surface area contributed by atoms with Crippen LogP contribution in [0.3, 0.4) is 0 Å². The first kappa shape index (κ1) is 12.7. The topological polar surface area (TPSA) is 18.5 Å². The lowest BCUT2D eigenvalue weighted by Crippen LogP contribution is -2.45. The maximum atomic E-state index is 5.78. The van der Waals surface area contributed by atoms with E-state index in [4.69, 9.17) is 9.31 Å². The molecule has 1 heterocycles. The monoisotopic (exact) mass is 232 g/mol. The zero-order valence-corrected chi connectivity index (χ0v) is 11.5. The molecule has 1 aromatic carbocycles. The minimum Gasteiger partial charge on any atom is -0.407 e. The summed E-state index contributed by atoms with van der Waals surface area (Å²) in [5.74, 6) is 0.499. The van der Waals surface area contributed by atoms with E-state index in [1.54, 1.807) is 0 Å². The second-order valence-corrected chi connectivity index (χ2v) is 5.26. The molecule has 1 aliphatic heterocycles. The van der Waals surface area contributed by atoms with Gasteiger partial charge in [-0.2, -0.15) is 0 Å². The summed E-state index contributed by atoms with van der Waals surface area (Å²) < 4.78 is 11.6. The Hall–Kier alpha value is -0.795. The van der Waals surface area contributed by atoms with Gasteiger partial charge in [0.25, 0.3) is 0 Å². The molecule has 1 fully saturated rings. The van der Waals surface area contributed by atoms with Crippen molar-refractivity contribution in [2.75, 3.05) is 13.2 Å². The quantitative estimate of drug-likeness (QED) is 0.691. The van der Waals surface area contributed by atoms with Crippen molar-refractivity contribution in [3.05, 3.63) is 28.3 Å². The summed E-state index contributed by atoms with van der Waals surface area (Å²) in [6.07, 6.45) is 0. The summed E-state index contributed by atoms with van der Waals surface area (Å²) in [7, 11) is -0.177. The molecule has 0 bridgehead atoms. The second-order valence-electron chi connectivity index (χ2n) is 5.26.